The summed E-state index contributed by atoms with van der Waals surface area (Å²) < 4.78 is 4.68. The molecule has 0 fully saturated rings. The van der Waals surface area contributed by atoms with Gasteiger partial charge in [-0.05, 0) is 12.5 Å². The van der Waals surface area contributed by atoms with Crippen molar-refractivity contribution < 1.29 is 19.4 Å². The number of ketones is 1. The summed E-state index contributed by atoms with van der Waals surface area (Å²) in [6.07, 6.45) is 0. The van der Waals surface area contributed by atoms with Gasteiger partial charge in [0.05, 0.1) is 6.61 Å². The van der Waals surface area contributed by atoms with Gasteiger partial charge in [-0.1, -0.05) is 30.0 Å². The molecule has 0 saturated heterocycles. The Morgan fingerprint density at radius 1 is 1.31 bits per heavy atom. The van der Waals surface area contributed by atoms with E-state index in [2.05, 4.69) is 4.74 Å². The number of ether oxygens (including phenoxy) is 1. The fraction of sp³-hybridized carbons (Fsp3) is 0.167. The average Bonchev–Trinajstić information content (AvgIpc) is 2.53. The number of carbonyl (C=O) groups excluding carboxylic acids is 2. The molecule has 4 heteroatoms. The van der Waals surface area contributed by atoms with Crippen molar-refractivity contribution in [3.05, 3.63) is 41.0 Å². The highest BCUT2D eigenvalue weighted by Gasteiger charge is 2.29. The fourth-order valence-electron chi connectivity index (χ4n) is 1.64. The Labute approximate surface area is 92.2 Å². The Balaban J connectivity index is 2.48. The maximum absolute atomic E-state index is 11.8. The first-order valence-electron chi connectivity index (χ1n) is 4.89. The molecular formula is C12H9O4-. The van der Waals surface area contributed by atoms with E-state index in [0.29, 0.717) is 0 Å². The Kier molecular flexibility index (Phi) is 2.48. The lowest BCUT2D eigenvalue weighted by Crippen LogP contribution is -2.16. The summed E-state index contributed by atoms with van der Waals surface area (Å²) >= 11 is 0. The van der Waals surface area contributed by atoms with Gasteiger partial charge in [0.25, 0.3) is 0 Å². The standard InChI is InChI=1S/C12H10O4/c1-2-16-12(15)9-10(13)7-5-3-4-6-8(7)11(9)14/h3-6,13H,2H2,1H3/p-1. The number of fused-ring (bicyclic) bond motifs is 1. The van der Waals surface area contributed by atoms with E-state index < -0.39 is 17.5 Å². The molecule has 0 atom stereocenters. The van der Waals surface area contributed by atoms with Crippen LogP contribution < -0.4 is 5.11 Å². The zero-order valence-corrected chi connectivity index (χ0v) is 8.65. The fourth-order valence-corrected chi connectivity index (χ4v) is 1.64. The minimum absolute atomic E-state index is 0.138. The van der Waals surface area contributed by atoms with Crippen LogP contribution in [0.4, 0.5) is 0 Å². The molecule has 0 radical (unpaired) electrons. The van der Waals surface area contributed by atoms with Crippen molar-refractivity contribution in [2.24, 2.45) is 0 Å². The highest BCUT2D eigenvalue weighted by atomic mass is 16.5. The van der Waals surface area contributed by atoms with Gasteiger partial charge in [-0.2, -0.15) is 0 Å². The maximum atomic E-state index is 11.8. The lowest BCUT2D eigenvalue weighted by atomic mass is 10.1. The molecule has 0 saturated carbocycles. The Morgan fingerprint density at radius 2 is 1.94 bits per heavy atom. The minimum atomic E-state index is -0.839. The monoisotopic (exact) mass is 217 g/mol. The van der Waals surface area contributed by atoms with Crippen LogP contribution in [-0.4, -0.2) is 18.4 Å². The van der Waals surface area contributed by atoms with Gasteiger partial charge in [-0.3, -0.25) is 4.79 Å². The summed E-state index contributed by atoms with van der Waals surface area (Å²) in [6, 6.07) is 6.36. The molecule has 0 N–H and O–H groups in total. The van der Waals surface area contributed by atoms with Crippen molar-refractivity contribution in [3.63, 3.8) is 0 Å². The van der Waals surface area contributed by atoms with Gasteiger partial charge in [0.2, 0.25) is 0 Å². The van der Waals surface area contributed by atoms with Gasteiger partial charge in [-0.15, -0.1) is 0 Å². The molecule has 4 nitrogen and oxygen atoms in total. The number of esters is 1. The second kappa shape index (κ2) is 3.81. The number of hydrogen-bond donors (Lipinski definition) is 0. The van der Waals surface area contributed by atoms with E-state index in [4.69, 9.17) is 0 Å². The summed E-state index contributed by atoms with van der Waals surface area (Å²) in [4.78, 5) is 23.2. The lowest BCUT2D eigenvalue weighted by molar-refractivity contribution is -0.244. The van der Waals surface area contributed by atoms with Crippen molar-refractivity contribution in [2.75, 3.05) is 6.61 Å². The normalized spacial score (nSPS) is 13.9. The summed E-state index contributed by atoms with van der Waals surface area (Å²) in [6.45, 7) is 1.76. The second-order valence-corrected chi connectivity index (χ2v) is 3.30. The maximum Gasteiger partial charge on any atom is 0.341 e. The molecule has 1 aromatic carbocycles. The van der Waals surface area contributed by atoms with E-state index in [1.165, 1.54) is 12.1 Å². The molecule has 16 heavy (non-hydrogen) atoms. The smallest absolute Gasteiger partial charge is 0.341 e. The SMILES string of the molecule is CCOC(=O)C1=C([O-])c2ccccc2C1=O. The zero-order valence-electron chi connectivity index (χ0n) is 8.65. The van der Waals surface area contributed by atoms with Crippen LogP contribution in [0.3, 0.4) is 0 Å². The van der Waals surface area contributed by atoms with Crippen molar-refractivity contribution in [2.45, 2.75) is 6.92 Å². The van der Waals surface area contributed by atoms with Crippen LogP contribution in [-0.2, 0) is 9.53 Å². The van der Waals surface area contributed by atoms with Crippen molar-refractivity contribution >= 4 is 17.5 Å². The number of hydrogen-bond acceptors (Lipinski definition) is 4. The van der Waals surface area contributed by atoms with Crippen LogP contribution in [0.5, 0.6) is 0 Å². The van der Waals surface area contributed by atoms with Gasteiger partial charge < -0.3 is 9.84 Å². The van der Waals surface area contributed by atoms with Gasteiger partial charge in [-0.25, -0.2) is 4.79 Å². The number of rotatable bonds is 2. The number of Topliss-reactive ketones (excluding diaryl/α,β-unsaturated/α-hetero) is 1. The number of carbonyl (C=O) groups is 2. The lowest BCUT2D eigenvalue weighted by Gasteiger charge is -2.09. The highest BCUT2D eigenvalue weighted by molar-refractivity contribution is 6.32. The molecule has 0 aromatic heterocycles. The molecule has 1 aromatic rings. The molecule has 1 aliphatic carbocycles. The molecule has 2 rings (SSSR count). The molecule has 0 unspecified atom stereocenters. The van der Waals surface area contributed by atoms with E-state index in [0.717, 1.165) is 0 Å². The first-order chi connectivity index (χ1) is 7.66. The Hall–Kier alpha value is -2.10. The first-order valence-corrected chi connectivity index (χ1v) is 4.89. The summed E-state index contributed by atoms with van der Waals surface area (Å²) in [5, 5.41) is 11.8. The van der Waals surface area contributed by atoms with Crippen LogP contribution in [0.2, 0.25) is 0 Å². The molecular weight excluding hydrogens is 208 g/mol. The average molecular weight is 217 g/mol. The third-order valence-electron chi connectivity index (χ3n) is 2.35. The molecule has 0 aliphatic heterocycles. The molecule has 0 amide bonds. The highest BCUT2D eigenvalue weighted by Crippen LogP contribution is 2.29. The van der Waals surface area contributed by atoms with Crippen molar-refractivity contribution in [1.82, 2.24) is 0 Å². The van der Waals surface area contributed by atoms with Crippen LogP contribution in [0.15, 0.2) is 29.8 Å². The predicted octanol–water partition coefficient (Wildman–Crippen LogP) is 0.517. The molecule has 0 spiro atoms. The summed E-state index contributed by atoms with van der Waals surface area (Å²) in [5.74, 6) is -1.92. The van der Waals surface area contributed by atoms with Crippen LogP contribution in [0.1, 0.15) is 22.8 Å². The van der Waals surface area contributed by atoms with E-state index >= 15 is 0 Å². The Morgan fingerprint density at radius 3 is 2.50 bits per heavy atom. The third-order valence-corrected chi connectivity index (χ3v) is 2.35. The molecule has 0 bridgehead atoms. The van der Waals surface area contributed by atoms with Crippen molar-refractivity contribution in [3.8, 4) is 0 Å². The van der Waals surface area contributed by atoms with E-state index in [1.54, 1.807) is 19.1 Å². The summed E-state index contributed by atoms with van der Waals surface area (Å²) in [7, 11) is 0. The van der Waals surface area contributed by atoms with Crippen LogP contribution in [0, 0.1) is 0 Å². The Bertz CT molecular complexity index is 499. The largest absolute Gasteiger partial charge is 0.871 e. The molecule has 1 aliphatic rings. The van der Waals surface area contributed by atoms with Gasteiger partial charge >= 0.3 is 5.97 Å². The minimum Gasteiger partial charge on any atom is -0.871 e. The quantitative estimate of drug-likeness (QED) is 0.535. The molecule has 82 valence electrons. The van der Waals surface area contributed by atoms with Gasteiger partial charge in [0, 0.05) is 5.56 Å². The second-order valence-electron chi connectivity index (χ2n) is 3.30. The van der Waals surface area contributed by atoms with Crippen LogP contribution >= 0.6 is 0 Å². The molecule has 0 heterocycles. The number of benzene rings is 1. The van der Waals surface area contributed by atoms with Gasteiger partial charge in [0.15, 0.2) is 5.78 Å². The van der Waals surface area contributed by atoms with E-state index in [9.17, 15) is 14.7 Å². The predicted molar refractivity (Wildman–Crippen MR) is 54.3 cm³/mol. The van der Waals surface area contributed by atoms with Crippen LogP contribution in [0.25, 0.3) is 5.76 Å². The van der Waals surface area contributed by atoms with E-state index in [-0.39, 0.29) is 23.3 Å². The first kappa shape index (κ1) is 10.4. The topological polar surface area (TPSA) is 66.4 Å². The zero-order chi connectivity index (χ0) is 11.7. The van der Waals surface area contributed by atoms with Crippen molar-refractivity contribution in [1.29, 1.82) is 0 Å². The van der Waals surface area contributed by atoms with E-state index in [1.807, 2.05) is 0 Å². The third kappa shape index (κ3) is 1.39. The summed E-state index contributed by atoms with van der Waals surface area (Å²) in [5.41, 5.74) is 0.161. The van der Waals surface area contributed by atoms with Gasteiger partial charge in [0.1, 0.15) is 5.57 Å².